The maximum atomic E-state index is 12.5. The number of carbonyl (C=O) groups is 1. The van der Waals surface area contributed by atoms with E-state index in [0.717, 1.165) is 18.4 Å². The number of aromatic nitrogens is 5. The summed E-state index contributed by atoms with van der Waals surface area (Å²) in [5, 5.41) is 18.5. The Kier molecular flexibility index (Phi) is 5.73. The van der Waals surface area contributed by atoms with Gasteiger partial charge in [-0.05, 0) is 37.5 Å². The number of carbonyl (C=O) groups excluding carboxylic acids is 1. The van der Waals surface area contributed by atoms with Crippen molar-refractivity contribution in [1.29, 1.82) is 5.26 Å². The number of hydrogen-bond donors (Lipinski definition) is 3. The number of aryl methyl sites for hydroxylation is 3. The second-order valence-corrected chi connectivity index (χ2v) is 8.60. The van der Waals surface area contributed by atoms with Crippen molar-refractivity contribution in [1.82, 2.24) is 29.4 Å². The lowest BCUT2D eigenvalue weighted by atomic mass is 10.2. The van der Waals surface area contributed by atoms with Crippen molar-refractivity contribution in [2.45, 2.75) is 25.8 Å². The van der Waals surface area contributed by atoms with Crippen LogP contribution in [0.25, 0.3) is 11.2 Å². The zero-order valence-electron chi connectivity index (χ0n) is 19.9. The van der Waals surface area contributed by atoms with Crippen molar-refractivity contribution in [3.63, 3.8) is 0 Å². The van der Waals surface area contributed by atoms with Crippen LogP contribution in [0.3, 0.4) is 0 Å². The second kappa shape index (κ2) is 9.03. The summed E-state index contributed by atoms with van der Waals surface area (Å²) in [5.74, 6) is 1.25. The molecule has 4 aromatic heterocycles. The molecule has 3 N–H and O–H groups in total. The average molecular weight is 486 g/mol. The molecule has 0 bridgehead atoms. The lowest BCUT2D eigenvalue weighted by Crippen LogP contribution is -2.30. The number of fused-ring (bicyclic) bond motifs is 1. The fourth-order valence-corrected chi connectivity index (χ4v) is 3.78. The normalized spacial score (nSPS) is 12.7. The Hall–Kier alpha value is -4.92. The van der Waals surface area contributed by atoms with Crippen LogP contribution >= 0.6 is 0 Å². The number of imidazole rings is 1. The summed E-state index contributed by atoms with van der Waals surface area (Å²) in [6.07, 6.45) is 6.60. The summed E-state index contributed by atoms with van der Waals surface area (Å²) >= 11 is 0. The Morgan fingerprint density at radius 3 is 2.81 bits per heavy atom. The molecule has 4 aromatic rings. The molecule has 0 unspecified atom stereocenters. The molecule has 1 saturated carbocycles. The molecule has 182 valence electrons. The van der Waals surface area contributed by atoms with Crippen LogP contribution in [0.1, 0.15) is 24.0 Å². The molecule has 0 spiro atoms. The van der Waals surface area contributed by atoms with Gasteiger partial charge < -0.3 is 24.5 Å². The maximum Gasteiger partial charge on any atom is 0.320 e. The predicted molar refractivity (Wildman–Crippen MR) is 132 cm³/mol. The van der Waals surface area contributed by atoms with Crippen LogP contribution in [-0.4, -0.2) is 36.2 Å². The standard InChI is InChI=1S/C24H23N9O3/c1-13-8-17(22(34)32(2)12-13)29-23-31-21-20(33(23)3)16(10-25)18(11-27-21)36-15-6-7-26-19(9-15)30-24(35)28-14-4-5-14/h6-9,11-12,14H,4-5H2,1-3H3,(H,27,29,31)(H2,26,28,30,35). The summed E-state index contributed by atoms with van der Waals surface area (Å²) in [5.41, 5.74) is 2.03. The van der Waals surface area contributed by atoms with E-state index in [1.54, 1.807) is 43.1 Å². The number of urea groups is 1. The highest BCUT2D eigenvalue weighted by atomic mass is 16.5. The van der Waals surface area contributed by atoms with E-state index in [1.165, 1.54) is 17.0 Å². The first-order chi connectivity index (χ1) is 17.3. The van der Waals surface area contributed by atoms with E-state index in [-0.39, 0.29) is 28.9 Å². The molecule has 0 radical (unpaired) electrons. The molecule has 1 aliphatic rings. The van der Waals surface area contributed by atoms with Crippen LogP contribution in [0.15, 0.2) is 41.6 Å². The molecule has 0 atom stereocenters. The number of nitrogens with one attached hydrogen (secondary N) is 3. The van der Waals surface area contributed by atoms with Crippen LogP contribution in [0.5, 0.6) is 11.5 Å². The van der Waals surface area contributed by atoms with E-state index < -0.39 is 0 Å². The van der Waals surface area contributed by atoms with E-state index in [9.17, 15) is 14.9 Å². The highest BCUT2D eigenvalue weighted by Crippen LogP contribution is 2.31. The molecule has 12 heteroatoms. The van der Waals surface area contributed by atoms with Gasteiger partial charge in [-0.1, -0.05) is 0 Å². The molecule has 2 amide bonds. The van der Waals surface area contributed by atoms with Gasteiger partial charge in [-0.3, -0.25) is 10.1 Å². The van der Waals surface area contributed by atoms with Gasteiger partial charge in [-0.2, -0.15) is 10.2 Å². The number of nitriles is 1. The molecular weight excluding hydrogens is 462 g/mol. The largest absolute Gasteiger partial charge is 0.454 e. The maximum absolute atomic E-state index is 12.5. The second-order valence-electron chi connectivity index (χ2n) is 8.60. The first-order valence-corrected chi connectivity index (χ1v) is 11.2. The van der Waals surface area contributed by atoms with Crippen molar-refractivity contribution >= 4 is 34.6 Å². The van der Waals surface area contributed by atoms with Gasteiger partial charge in [0.15, 0.2) is 11.4 Å². The number of anilines is 3. The number of hydrogen-bond acceptors (Lipinski definition) is 8. The van der Waals surface area contributed by atoms with E-state index in [4.69, 9.17) is 4.74 Å². The molecule has 12 nitrogen and oxygen atoms in total. The molecular formula is C24H23N9O3. The van der Waals surface area contributed by atoms with Gasteiger partial charge in [-0.15, -0.1) is 0 Å². The van der Waals surface area contributed by atoms with E-state index >= 15 is 0 Å². The molecule has 0 saturated heterocycles. The first-order valence-electron chi connectivity index (χ1n) is 11.2. The SMILES string of the molecule is Cc1cc(Nc2nc3ncc(Oc4ccnc(NC(=O)NC5CC5)c4)c(C#N)c3n2C)c(=O)n(C)c1. The minimum atomic E-state index is -0.332. The highest BCUT2D eigenvalue weighted by Gasteiger charge is 2.23. The smallest absolute Gasteiger partial charge is 0.320 e. The summed E-state index contributed by atoms with van der Waals surface area (Å²) < 4.78 is 9.08. The van der Waals surface area contributed by atoms with Gasteiger partial charge in [0.05, 0.1) is 6.20 Å². The van der Waals surface area contributed by atoms with E-state index in [1.807, 2.05) is 6.92 Å². The topological polar surface area (TPSA) is 152 Å². The Bertz CT molecular complexity index is 1600. The molecule has 4 heterocycles. The monoisotopic (exact) mass is 485 g/mol. The molecule has 1 aliphatic carbocycles. The quantitative estimate of drug-likeness (QED) is 0.377. The third-order valence-electron chi connectivity index (χ3n) is 5.66. The van der Waals surface area contributed by atoms with Crippen molar-refractivity contribution in [2.24, 2.45) is 14.1 Å². The zero-order chi connectivity index (χ0) is 25.4. The third kappa shape index (κ3) is 4.54. The zero-order valence-corrected chi connectivity index (χ0v) is 19.9. The predicted octanol–water partition coefficient (Wildman–Crippen LogP) is 3.06. The summed E-state index contributed by atoms with van der Waals surface area (Å²) in [7, 11) is 3.39. The molecule has 0 aliphatic heterocycles. The third-order valence-corrected chi connectivity index (χ3v) is 5.66. The van der Waals surface area contributed by atoms with Crippen molar-refractivity contribution in [3.8, 4) is 17.6 Å². The lowest BCUT2D eigenvalue weighted by Gasteiger charge is -2.11. The highest BCUT2D eigenvalue weighted by molar-refractivity contribution is 5.89. The molecule has 0 aromatic carbocycles. The number of nitrogens with zero attached hydrogens (tertiary/aromatic N) is 6. The van der Waals surface area contributed by atoms with Crippen LogP contribution in [0, 0.1) is 18.3 Å². The average Bonchev–Trinajstić information content (AvgIpc) is 3.59. The first kappa shape index (κ1) is 22.9. The molecule has 36 heavy (non-hydrogen) atoms. The van der Waals surface area contributed by atoms with Crippen LogP contribution < -0.4 is 26.2 Å². The van der Waals surface area contributed by atoms with Crippen molar-refractivity contribution in [2.75, 3.05) is 10.6 Å². The lowest BCUT2D eigenvalue weighted by molar-refractivity contribution is 0.251. The summed E-state index contributed by atoms with van der Waals surface area (Å²) in [4.78, 5) is 37.5. The minimum Gasteiger partial charge on any atom is -0.454 e. The summed E-state index contributed by atoms with van der Waals surface area (Å²) in [6, 6.07) is 6.95. The van der Waals surface area contributed by atoms with Crippen LogP contribution in [0.4, 0.5) is 22.2 Å². The Morgan fingerprint density at radius 2 is 2.06 bits per heavy atom. The van der Waals surface area contributed by atoms with Gasteiger partial charge in [0, 0.05) is 38.6 Å². The fourth-order valence-electron chi connectivity index (χ4n) is 3.78. The minimum absolute atomic E-state index is 0.210. The van der Waals surface area contributed by atoms with Crippen molar-refractivity contribution in [3.05, 3.63) is 58.3 Å². The molecule has 1 fully saturated rings. The van der Waals surface area contributed by atoms with Crippen LogP contribution in [-0.2, 0) is 14.1 Å². The Morgan fingerprint density at radius 1 is 1.25 bits per heavy atom. The van der Waals surface area contributed by atoms with Gasteiger partial charge >= 0.3 is 6.03 Å². The van der Waals surface area contributed by atoms with E-state index in [0.29, 0.717) is 34.4 Å². The van der Waals surface area contributed by atoms with Gasteiger partial charge in [0.25, 0.3) is 5.56 Å². The Labute approximate surface area is 205 Å². The number of ether oxygens (including phenoxy) is 1. The number of amides is 2. The Balaban J connectivity index is 1.44. The molecule has 5 rings (SSSR count). The fraction of sp³-hybridized carbons (Fsp3) is 0.250. The number of pyridine rings is 3. The van der Waals surface area contributed by atoms with Crippen molar-refractivity contribution < 1.29 is 9.53 Å². The number of rotatable bonds is 6. The summed E-state index contributed by atoms with van der Waals surface area (Å²) in [6.45, 7) is 1.89. The van der Waals surface area contributed by atoms with E-state index in [2.05, 4.69) is 37.0 Å². The van der Waals surface area contributed by atoms with Gasteiger partial charge in [-0.25, -0.2) is 14.8 Å². The van der Waals surface area contributed by atoms with Gasteiger partial charge in [0.2, 0.25) is 5.95 Å². The van der Waals surface area contributed by atoms with Gasteiger partial charge in [0.1, 0.15) is 34.4 Å². The van der Waals surface area contributed by atoms with Crippen LogP contribution in [0.2, 0.25) is 0 Å².